The van der Waals surface area contributed by atoms with Crippen molar-refractivity contribution in [3.8, 4) is 17.2 Å². The quantitative estimate of drug-likeness (QED) is 0.329. The predicted molar refractivity (Wildman–Crippen MR) is 112 cm³/mol. The highest BCUT2D eigenvalue weighted by Crippen LogP contribution is 2.45. The van der Waals surface area contributed by atoms with Crippen molar-refractivity contribution in [2.45, 2.75) is 32.8 Å². The Kier molecular flexibility index (Phi) is 5.98. The van der Waals surface area contributed by atoms with Gasteiger partial charge in [-0.2, -0.15) is 0 Å². The number of phenols is 3. The molecule has 4 N–H and O–H groups in total. The number of nitrogens with one attached hydrogen (secondary N) is 1. The third-order valence-corrected chi connectivity index (χ3v) is 5.11. The SMILES string of the molecule is COC(C)CC/C(C)=C/CN1C(=O)c2cccc(O)c2Nc2c(O)cc(O)cc21. The number of hydrogen-bond donors (Lipinski definition) is 4. The number of fused-ring (bicyclic) bond motifs is 2. The average molecular weight is 398 g/mol. The molecule has 3 rings (SSSR count). The van der Waals surface area contributed by atoms with Gasteiger partial charge in [0.05, 0.1) is 23.0 Å². The molecule has 0 aliphatic carbocycles. The summed E-state index contributed by atoms with van der Waals surface area (Å²) in [7, 11) is 1.68. The van der Waals surface area contributed by atoms with E-state index in [9.17, 15) is 20.1 Å². The molecule has 1 atom stereocenters. The van der Waals surface area contributed by atoms with E-state index in [1.54, 1.807) is 19.2 Å². The number of hydrogen-bond acceptors (Lipinski definition) is 6. The van der Waals surface area contributed by atoms with Gasteiger partial charge in [-0.3, -0.25) is 4.79 Å². The molecule has 0 saturated carbocycles. The van der Waals surface area contributed by atoms with Crippen molar-refractivity contribution in [1.29, 1.82) is 0 Å². The zero-order chi connectivity index (χ0) is 21.1. The zero-order valence-corrected chi connectivity index (χ0v) is 16.8. The highest BCUT2D eigenvalue weighted by atomic mass is 16.5. The molecular weight excluding hydrogens is 372 g/mol. The van der Waals surface area contributed by atoms with Gasteiger partial charge >= 0.3 is 0 Å². The summed E-state index contributed by atoms with van der Waals surface area (Å²) in [6.45, 7) is 4.24. The Morgan fingerprint density at radius 3 is 2.69 bits per heavy atom. The zero-order valence-electron chi connectivity index (χ0n) is 16.8. The second kappa shape index (κ2) is 8.45. The van der Waals surface area contributed by atoms with Crippen molar-refractivity contribution in [3.05, 3.63) is 47.5 Å². The van der Waals surface area contributed by atoms with Gasteiger partial charge in [-0.1, -0.05) is 17.7 Å². The lowest BCUT2D eigenvalue weighted by Gasteiger charge is -2.22. The van der Waals surface area contributed by atoms with Gasteiger partial charge in [-0.05, 0) is 38.8 Å². The maximum absolute atomic E-state index is 13.3. The van der Waals surface area contributed by atoms with Gasteiger partial charge in [-0.25, -0.2) is 0 Å². The van der Waals surface area contributed by atoms with Gasteiger partial charge in [0.1, 0.15) is 22.9 Å². The van der Waals surface area contributed by atoms with E-state index in [4.69, 9.17) is 4.74 Å². The number of para-hydroxylation sites is 1. The monoisotopic (exact) mass is 398 g/mol. The first-order valence-electron chi connectivity index (χ1n) is 9.47. The van der Waals surface area contributed by atoms with Gasteiger partial charge in [0.25, 0.3) is 5.91 Å². The number of phenolic OH excluding ortho intramolecular Hbond substituents is 3. The fourth-order valence-electron chi connectivity index (χ4n) is 3.25. The number of carbonyl (C=O) groups excluding carboxylic acids is 1. The summed E-state index contributed by atoms with van der Waals surface area (Å²) >= 11 is 0. The minimum atomic E-state index is -0.346. The summed E-state index contributed by atoms with van der Waals surface area (Å²) < 4.78 is 5.27. The Balaban J connectivity index is 2.00. The molecule has 0 spiro atoms. The summed E-state index contributed by atoms with van der Waals surface area (Å²) in [5.74, 6) is -0.827. The normalized spacial score (nSPS) is 14.7. The van der Waals surface area contributed by atoms with E-state index in [0.29, 0.717) is 5.69 Å². The van der Waals surface area contributed by atoms with E-state index in [2.05, 4.69) is 5.32 Å². The number of ether oxygens (including phenoxy) is 1. The Labute approximate surface area is 169 Å². The topological polar surface area (TPSA) is 102 Å². The van der Waals surface area contributed by atoms with Crippen LogP contribution in [-0.4, -0.2) is 41.0 Å². The molecule has 7 nitrogen and oxygen atoms in total. The first-order valence-corrected chi connectivity index (χ1v) is 9.47. The summed E-state index contributed by atoms with van der Waals surface area (Å²) in [6, 6.07) is 7.27. The molecule has 0 fully saturated rings. The molecular formula is C22H26N2O5. The Morgan fingerprint density at radius 2 is 1.97 bits per heavy atom. The molecule has 2 aromatic carbocycles. The molecule has 1 aliphatic heterocycles. The second-order valence-corrected chi connectivity index (χ2v) is 7.23. The van der Waals surface area contributed by atoms with E-state index in [1.165, 1.54) is 23.1 Å². The first-order chi connectivity index (χ1) is 13.8. The van der Waals surface area contributed by atoms with Crippen molar-refractivity contribution in [2.75, 3.05) is 23.9 Å². The lowest BCUT2D eigenvalue weighted by atomic mass is 10.1. The number of allylic oxidation sites excluding steroid dienone is 1. The molecule has 154 valence electrons. The van der Waals surface area contributed by atoms with Crippen LogP contribution in [0.15, 0.2) is 42.0 Å². The summed E-state index contributed by atoms with van der Waals surface area (Å²) in [6.07, 6.45) is 3.78. The molecule has 1 unspecified atom stereocenters. The lowest BCUT2D eigenvalue weighted by Crippen LogP contribution is -2.30. The van der Waals surface area contributed by atoms with Gasteiger partial charge in [0.2, 0.25) is 0 Å². The first kappa shape index (κ1) is 20.5. The predicted octanol–water partition coefficient (Wildman–Crippen LogP) is 4.27. The third-order valence-electron chi connectivity index (χ3n) is 5.11. The van der Waals surface area contributed by atoms with Crippen LogP contribution < -0.4 is 10.2 Å². The van der Waals surface area contributed by atoms with Crippen LogP contribution in [0.3, 0.4) is 0 Å². The Hall–Kier alpha value is -3.19. The van der Waals surface area contributed by atoms with Gasteiger partial charge < -0.3 is 30.3 Å². The third kappa shape index (κ3) is 4.30. The van der Waals surface area contributed by atoms with E-state index < -0.39 is 0 Å². The van der Waals surface area contributed by atoms with Crippen molar-refractivity contribution in [3.63, 3.8) is 0 Å². The van der Waals surface area contributed by atoms with Crippen LogP contribution in [0, 0.1) is 0 Å². The molecule has 29 heavy (non-hydrogen) atoms. The van der Waals surface area contributed by atoms with Crippen molar-refractivity contribution >= 4 is 23.0 Å². The number of methoxy groups -OCH3 is 1. The van der Waals surface area contributed by atoms with Crippen LogP contribution in [0.4, 0.5) is 17.1 Å². The van der Waals surface area contributed by atoms with Crippen molar-refractivity contribution in [2.24, 2.45) is 0 Å². The number of anilines is 3. The van der Waals surface area contributed by atoms with E-state index >= 15 is 0 Å². The fourth-order valence-corrected chi connectivity index (χ4v) is 3.25. The van der Waals surface area contributed by atoms with Gasteiger partial charge in [0.15, 0.2) is 0 Å². The largest absolute Gasteiger partial charge is 0.508 e. The Bertz CT molecular complexity index is 954. The molecule has 1 amide bonds. The molecule has 7 heteroatoms. The number of nitrogens with zero attached hydrogens (tertiary/aromatic N) is 1. The lowest BCUT2D eigenvalue weighted by molar-refractivity contribution is 0.0990. The molecule has 0 radical (unpaired) electrons. The highest BCUT2D eigenvalue weighted by Gasteiger charge is 2.29. The molecule has 2 aromatic rings. The van der Waals surface area contributed by atoms with Crippen LogP contribution in [0.25, 0.3) is 0 Å². The van der Waals surface area contributed by atoms with E-state index in [0.717, 1.165) is 18.4 Å². The standard InChI is InChI=1S/C22H26N2O5/c1-13(7-8-14(2)29-3)9-10-24-17-11-15(25)12-19(27)21(17)23-20-16(22(24)28)5-4-6-18(20)26/h4-6,9,11-12,14,23,25-27H,7-8,10H2,1-3H3/b13-9+. The smallest absolute Gasteiger partial charge is 0.260 e. The number of carbonyl (C=O) groups is 1. The number of amides is 1. The number of benzene rings is 2. The molecule has 1 heterocycles. The number of rotatable bonds is 6. The fraction of sp³-hybridized carbons (Fsp3) is 0.318. The molecule has 1 aliphatic rings. The summed E-state index contributed by atoms with van der Waals surface area (Å²) in [5.41, 5.74) is 2.17. The maximum atomic E-state index is 13.3. The van der Waals surface area contributed by atoms with E-state index in [1.807, 2.05) is 19.9 Å². The minimum absolute atomic E-state index is 0.101. The van der Waals surface area contributed by atoms with Crippen molar-refractivity contribution in [1.82, 2.24) is 0 Å². The van der Waals surface area contributed by atoms with Crippen LogP contribution in [0.1, 0.15) is 37.0 Å². The van der Waals surface area contributed by atoms with Crippen LogP contribution in [0.5, 0.6) is 17.2 Å². The summed E-state index contributed by atoms with van der Waals surface area (Å²) in [5, 5.41) is 33.5. The molecule has 0 bridgehead atoms. The van der Waals surface area contributed by atoms with Crippen LogP contribution >= 0.6 is 0 Å². The van der Waals surface area contributed by atoms with Crippen LogP contribution in [-0.2, 0) is 4.74 Å². The van der Waals surface area contributed by atoms with Gasteiger partial charge in [-0.15, -0.1) is 0 Å². The average Bonchev–Trinajstić information content (AvgIpc) is 2.80. The second-order valence-electron chi connectivity index (χ2n) is 7.23. The van der Waals surface area contributed by atoms with Gasteiger partial charge in [0, 0.05) is 25.8 Å². The Morgan fingerprint density at radius 1 is 1.21 bits per heavy atom. The molecule has 0 aromatic heterocycles. The highest BCUT2D eigenvalue weighted by molar-refractivity contribution is 6.15. The minimum Gasteiger partial charge on any atom is -0.508 e. The number of aromatic hydroxyl groups is 3. The molecule has 0 saturated heterocycles. The van der Waals surface area contributed by atoms with E-state index in [-0.39, 0.29) is 52.7 Å². The maximum Gasteiger partial charge on any atom is 0.260 e. The van der Waals surface area contributed by atoms with Crippen molar-refractivity contribution < 1.29 is 24.9 Å². The van der Waals surface area contributed by atoms with Crippen LogP contribution in [0.2, 0.25) is 0 Å². The summed E-state index contributed by atoms with van der Waals surface area (Å²) in [4.78, 5) is 14.7.